The average molecular weight is 445 g/mol. The van der Waals surface area contributed by atoms with Crippen molar-refractivity contribution in [1.82, 2.24) is 14.5 Å². The maximum absolute atomic E-state index is 13.1. The first-order valence-electron chi connectivity index (χ1n) is 9.68. The number of hydrogen-bond acceptors (Lipinski definition) is 4. The van der Waals surface area contributed by atoms with Crippen LogP contribution in [0.4, 0.5) is 10.6 Å². The van der Waals surface area contributed by atoms with Crippen molar-refractivity contribution in [2.24, 2.45) is 0 Å². The summed E-state index contributed by atoms with van der Waals surface area (Å²) in [5.41, 5.74) is 3.29. The molecule has 1 aromatic carbocycles. The van der Waals surface area contributed by atoms with Crippen LogP contribution in [0.3, 0.4) is 0 Å². The molecule has 156 valence electrons. The highest BCUT2D eigenvalue weighted by Gasteiger charge is 2.34. The minimum atomic E-state index is -0.467. The third-order valence-electron chi connectivity index (χ3n) is 5.07. The zero-order chi connectivity index (χ0) is 21.4. The number of fused-ring (bicyclic) bond motifs is 1. The largest absolute Gasteiger partial charge is 0.394 e. The molecule has 30 heavy (non-hydrogen) atoms. The number of halogens is 2. The van der Waals surface area contributed by atoms with E-state index in [4.69, 9.17) is 23.2 Å². The van der Waals surface area contributed by atoms with Crippen LogP contribution in [-0.4, -0.2) is 38.2 Å². The van der Waals surface area contributed by atoms with Gasteiger partial charge in [0.2, 0.25) is 0 Å². The number of aliphatic hydroxyl groups is 1. The second-order valence-corrected chi connectivity index (χ2v) is 8.45. The first-order valence-corrected chi connectivity index (χ1v) is 10.4. The number of rotatable bonds is 6. The fourth-order valence-electron chi connectivity index (χ4n) is 3.71. The van der Waals surface area contributed by atoms with E-state index < -0.39 is 6.04 Å². The second kappa shape index (κ2) is 8.30. The number of pyridine rings is 1. The van der Waals surface area contributed by atoms with Crippen molar-refractivity contribution < 1.29 is 9.90 Å². The molecule has 1 amide bonds. The first kappa shape index (κ1) is 20.7. The third kappa shape index (κ3) is 3.90. The molecule has 2 N–H and O–H groups in total. The lowest BCUT2D eigenvalue weighted by atomic mass is 10.1. The Morgan fingerprint density at radius 3 is 2.70 bits per heavy atom. The lowest BCUT2D eigenvalue weighted by molar-refractivity contribution is 0.141. The van der Waals surface area contributed by atoms with Gasteiger partial charge in [0.25, 0.3) is 0 Å². The van der Waals surface area contributed by atoms with E-state index in [-0.39, 0.29) is 18.7 Å². The van der Waals surface area contributed by atoms with Gasteiger partial charge in [-0.25, -0.2) is 9.78 Å². The maximum atomic E-state index is 13.1. The van der Waals surface area contributed by atoms with Gasteiger partial charge in [-0.15, -0.1) is 0 Å². The molecular formula is C22H22Cl2N4O2. The number of hydrogen-bond donors (Lipinski definition) is 2. The number of nitrogens with zero attached hydrogens (tertiary/aromatic N) is 3. The molecule has 1 aliphatic heterocycles. The van der Waals surface area contributed by atoms with E-state index in [1.54, 1.807) is 34.0 Å². The van der Waals surface area contributed by atoms with Gasteiger partial charge in [-0.1, -0.05) is 35.3 Å². The smallest absolute Gasteiger partial charge is 0.329 e. The summed E-state index contributed by atoms with van der Waals surface area (Å²) >= 11 is 12.5. The van der Waals surface area contributed by atoms with E-state index in [0.29, 0.717) is 16.6 Å². The molecule has 0 bridgehead atoms. The summed E-state index contributed by atoms with van der Waals surface area (Å²) in [6, 6.07) is 10.6. The summed E-state index contributed by atoms with van der Waals surface area (Å²) in [7, 11) is 0. The molecule has 0 radical (unpaired) electrons. The van der Waals surface area contributed by atoms with Gasteiger partial charge in [0.15, 0.2) is 0 Å². The number of benzene rings is 1. The molecule has 0 spiro atoms. The predicted octanol–water partition coefficient (Wildman–Crippen LogP) is 5.19. The van der Waals surface area contributed by atoms with E-state index in [1.807, 2.05) is 38.1 Å². The highest BCUT2D eigenvalue weighted by atomic mass is 35.5. The van der Waals surface area contributed by atoms with Crippen molar-refractivity contribution in [2.45, 2.75) is 32.5 Å². The Kier molecular flexibility index (Phi) is 5.73. The van der Waals surface area contributed by atoms with Crippen molar-refractivity contribution in [1.29, 1.82) is 0 Å². The monoisotopic (exact) mass is 444 g/mol. The van der Waals surface area contributed by atoms with Gasteiger partial charge in [-0.3, -0.25) is 4.57 Å². The van der Waals surface area contributed by atoms with Crippen LogP contribution in [-0.2, 0) is 6.54 Å². The van der Waals surface area contributed by atoms with Gasteiger partial charge in [0.1, 0.15) is 5.82 Å². The van der Waals surface area contributed by atoms with E-state index >= 15 is 0 Å². The van der Waals surface area contributed by atoms with Gasteiger partial charge >= 0.3 is 6.03 Å². The van der Waals surface area contributed by atoms with E-state index in [1.165, 1.54) is 0 Å². The first-order chi connectivity index (χ1) is 14.4. The standard InChI is InChI=1S/C22H22Cl2N4O2/c1-13(2)26-21-8-18(19(24)9-25-21)15-7-17-11-28(22(30)27(17)10-15)20(12-29)14-4-3-5-16(23)6-14/h3-10,13,20,29H,11-12H2,1-2H3,(H,25,26)/t20-/m1/s1. The molecule has 2 aromatic heterocycles. The Morgan fingerprint density at radius 1 is 1.23 bits per heavy atom. The molecule has 1 aliphatic rings. The van der Waals surface area contributed by atoms with Gasteiger partial charge in [-0.05, 0) is 43.7 Å². The van der Waals surface area contributed by atoms with Gasteiger partial charge in [0.05, 0.1) is 24.2 Å². The number of carbonyl (C=O) groups excluding carboxylic acids is 1. The molecule has 1 atom stereocenters. The number of nitrogens with one attached hydrogen (secondary N) is 1. The Balaban J connectivity index is 1.62. The van der Waals surface area contributed by atoms with Gasteiger partial charge < -0.3 is 15.3 Å². The van der Waals surface area contributed by atoms with E-state index in [0.717, 1.165) is 28.2 Å². The highest BCUT2D eigenvalue weighted by molar-refractivity contribution is 6.33. The quantitative estimate of drug-likeness (QED) is 0.548. The van der Waals surface area contributed by atoms with Crippen molar-refractivity contribution in [2.75, 3.05) is 11.9 Å². The Labute approximate surface area is 185 Å². The summed E-state index contributed by atoms with van der Waals surface area (Å²) in [6.45, 7) is 4.27. The average Bonchev–Trinajstić information content (AvgIpc) is 3.24. The highest BCUT2D eigenvalue weighted by Crippen LogP contribution is 2.35. The third-order valence-corrected chi connectivity index (χ3v) is 5.61. The molecule has 8 heteroatoms. The van der Waals surface area contributed by atoms with Crippen molar-refractivity contribution >= 4 is 35.1 Å². The summed E-state index contributed by atoms with van der Waals surface area (Å²) < 4.78 is 1.61. The summed E-state index contributed by atoms with van der Waals surface area (Å²) in [5.74, 6) is 0.727. The van der Waals surface area contributed by atoms with Crippen LogP contribution in [0.5, 0.6) is 0 Å². The van der Waals surface area contributed by atoms with E-state index in [2.05, 4.69) is 10.3 Å². The summed E-state index contributed by atoms with van der Waals surface area (Å²) in [5, 5.41) is 14.3. The summed E-state index contributed by atoms with van der Waals surface area (Å²) in [6.07, 6.45) is 3.39. The van der Waals surface area contributed by atoms with Crippen LogP contribution < -0.4 is 5.32 Å². The van der Waals surface area contributed by atoms with Crippen molar-refractivity contribution in [3.8, 4) is 11.1 Å². The van der Waals surface area contributed by atoms with Crippen molar-refractivity contribution in [3.05, 3.63) is 70.1 Å². The number of carbonyl (C=O) groups is 1. The SMILES string of the molecule is CC(C)Nc1cc(-c2cc3n(c2)C(=O)N([C@H](CO)c2cccc(Cl)c2)C3)c(Cl)cn1. The summed E-state index contributed by atoms with van der Waals surface area (Å²) in [4.78, 5) is 19.0. The lowest BCUT2D eigenvalue weighted by Gasteiger charge is -2.26. The Morgan fingerprint density at radius 2 is 2.03 bits per heavy atom. The fraction of sp³-hybridized carbons (Fsp3) is 0.273. The van der Waals surface area contributed by atoms with Crippen LogP contribution in [0, 0.1) is 0 Å². The number of anilines is 1. The molecule has 0 saturated heterocycles. The molecule has 6 nitrogen and oxygen atoms in total. The molecule has 0 saturated carbocycles. The molecule has 4 rings (SSSR count). The molecule has 0 fully saturated rings. The van der Waals surface area contributed by atoms with Gasteiger partial charge in [0, 0.05) is 40.3 Å². The zero-order valence-corrected chi connectivity index (χ0v) is 18.2. The van der Waals surface area contributed by atoms with Crippen LogP contribution in [0.1, 0.15) is 31.1 Å². The second-order valence-electron chi connectivity index (χ2n) is 7.60. The topological polar surface area (TPSA) is 70.4 Å². The number of amides is 1. The molecule has 0 unspecified atom stereocenters. The van der Waals surface area contributed by atoms with Crippen molar-refractivity contribution in [3.63, 3.8) is 0 Å². The number of aliphatic hydroxyl groups excluding tert-OH is 1. The minimum absolute atomic E-state index is 0.190. The lowest BCUT2D eigenvalue weighted by Crippen LogP contribution is -2.32. The van der Waals surface area contributed by atoms with Gasteiger partial charge in [-0.2, -0.15) is 0 Å². The van der Waals surface area contributed by atoms with Crippen LogP contribution in [0.25, 0.3) is 11.1 Å². The van der Waals surface area contributed by atoms with E-state index in [9.17, 15) is 9.90 Å². The Hall–Kier alpha value is -2.54. The molecule has 3 aromatic rings. The normalized spacial score (nSPS) is 14.3. The maximum Gasteiger partial charge on any atom is 0.329 e. The number of aromatic nitrogens is 2. The Bertz CT molecular complexity index is 1100. The molecule has 3 heterocycles. The molecule has 0 aliphatic carbocycles. The van der Waals surface area contributed by atoms with Crippen LogP contribution in [0.2, 0.25) is 10.0 Å². The van der Waals surface area contributed by atoms with Crippen LogP contribution in [0.15, 0.2) is 48.8 Å². The minimum Gasteiger partial charge on any atom is -0.394 e. The molecular weight excluding hydrogens is 423 g/mol. The van der Waals surface area contributed by atoms with Crippen LogP contribution >= 0.6 is 23.2 Å². The zero-order valence-electron chi connectivity index (χ0n) is 16.6. The predicted molar refractivity (Wildman–Crippen MR) is 119 cm³/mol. The fourth-order valence-corrected chi connectivity index (χ4v) is 4.12.